The highest BCUT2D eigenvalue weighted by molar-refractivity contribution is 9.10. The molecule has 1 amide bonds. The van der Waals surface area contributed by atoms with Crippen LogP contribution in [0, 0.1) is 5.92 Å². The molecule has 18 heavy (non-hydrogen) atoms. The van der Waals surface area contributed by atoms with Crippen molar-refractivity contribution in [1.82, 2.24) is 5.32 Å². The molecular formula is C13H18BrN3O. The van der Waals surface area contributed by atoms with E-state index in [1.165, 1.54) is 5.69 Å². The monoisotopic (exact) mass is 311 g/mol. The standard InChI is InChI=1S/C13H18BrN3O/c14-11-1-3-12(4-2-11)17-6-5-10(9-17)8-16-13(18)7-15/h1-4,10H,5-9,15H2,(H,16,18). The number of nitrogens with one attached hydrogen (secondary N) is 1. The van der Waals surface area contributed by atoms with Crippen molar-refractivity contribution in [2.75, 3.05) is 31.1 Å². The summed E-state index contributed by atoms with van der Waals surface area (Å²) in [5, 5.41) is 2.86. The van der Waals surface area contributed by atoms with Crippen LogP contribution in [0.1, 0.15) is 6.42 Å². The molecule has 2 rings (SSSR count). The van der Waals surface area contributed by atoms with Gasteiger partial charge in [-0.2, -0.15) is 0 Å². The van der Waals surface area contributed by atoms with E-state index in [4.69, 9.17) is 5.73 Å². The van der Waals surface area contributed by atoms with Crippen LogP contribution in [0.15, 0.2) is 28.7 Å². The van der Waals surface area contributed by atoms with Crippen LogP contribution in [0.2, 0.25) is 0 Å². The molecule has 4 nitrogen and oxygen atoms in total. The smallest absolute Gasteiger partial charge is 0.233 e. The summed E-state index contributed by atoms with van der Waals surface area (Å²) >= 11 is 3.44. The van der Waals surface area contributed by atoms with Crippen LogP contribution in [0.4, 0.5) is 5.69 Å². The first kappa shape index (κ1) is 13.4. The number of rotatable bonds is 4. The number of hydrogen-bond acceptors (Lipinski definition) is 3. The first-order chi connectivity index (χ1) is 8.69. The Kier molecular flexibility index (Phi) is 4.60. The van der Waals surface area contributed by atoms with Crippen LogP contribution in [-0.4, -0.2) is 32.1 Å². The first-order valence-electron chi connectivity index (χ1n) is 6.16. The van der Waals surface area contributed by atoms with E-state index in [1.54, 1.807) is 0 Å². The molecule has 1 saturated heterocycles. The number of benzene rings is 1. The number of nitrogens with zero attached hydrogens (tertiary/aromatic N) is 1. The second kappa shape index (κ2) is 6.20. The maximum absolute atomic E-state index is 11.1. The summed E-state index contributed by atoms with van der Waals surface area (Å²) < 4.78 is 1.09. The minimum Gasteiger partial charge on any atom is -0.371 e. The second-order valence-electron chi connectivity index (χ2n) is 4.59. The molecule has 0 aliphatic carbocycles. The average Bonchev–Trinajstić information content (AvgIpc) is 2.85. The van der Waals surface area contributed by atoms with Gasteiger partial charge in [0, 0.05) is 29.8 Å². The van der Waals surface area contributed by atoms with E-state index in [9.17, 15) is 4.79 Å². The molecule has 1 aromatic rings. The zero-order valence-corrected chi connectivity index (χ0v) is 11.8. The Morgan fingerprint density at radius 1 is 1.44 bits per heavy atom. The van der Waals surface area contributed by atoms with Crippen molar-refractivity contribution in [2.45, 2.75) is 6.42 Å². The van der Waals surface area contributed by atoms with Crippen LogP contribution >= 0.6 is 15.9 Å². The largest absolute Gasteiger partial charge is 0.371 e. The van der Waals surface area contributed by atoms with Gasteiger partial charge in [-0.25, -0.2) is 0 Å². The zero-order chi connectivity index (χ0) is 13.0. The van der Waals surface area contributed by atoms with Crippen LogP contribution in [0.5, 0.6) is 0 Å². The summed E-state index contributed by atoms with van der Waals surface area (Å²) in [6.45, 7) is 2.84. The molecular weight excluding hydrogens is 294 g/mol. The highest BCUT2D eigenvalue weighted by Crippen LogP contribution is 2.24. The van der Waals surface area contributed by atoms with Crippen molar-refractivity contribution in [3.8, 4) is 0 Å². The normalized spacial score (nSPS) is 19.0. The maximum atomic E-state index is 11.1. The Balaban J connectivity index is 1.84. The average molecular weight is 312 g/mol. The quantitative estimate of drug-likeness (QED) is 0.882. The number of hydrogen-bond donors (Lipinski definition) is 2. The van der Waals surface area contributed by atoms with Gasteiger partial charge in [0.2, 0.25) is 5.91 Å². The summed E-state index contributed by atoms with van der Waals surface area (Å²) in [5.74, 6) is 0.446. The van der Waals surface area contributed by atoms with E-state index in [0.29, 0.717) is 5.92 Å². The molecule has 1 unspecified atom stereocenters. The molecule has 0 radical (unpaired) electrons. The number of carbonyl (C=O) groups excluding carboxylic acids is 1. The molecule has 1 aromatic carbocycles. The Bertz CT molecular complexity index is 407. The van der Waals surface area contributed by atoms with E-state index in [-0.39, 0.29) is 12.5 Å². The lowest BCUT2D eigenvalue weighted by Crippen LogP contribution is -2.35. The fourth-order valence-corrected chi connectivity index (χ4v) is 2.48. The maximum Gasteiger partial charge on any atom is 0.233 e. The van der Waals surface area contributed by atoms with Gasteiger partial charge < -0.3 is 16.0 Å². The number of carbonyl (C=O) groups is 1. The van der Waals surface area contributed by atoms with Crippen LogP contribution < -0.4 is 16.0 Å². The van der Waals surface area contributed by atoms with E-state index in [2.05, 4.69) is 50.4 Å². The van der Waals surface area contributed by atoms with Crippen LogP contribution in [0.3, 0.4) is 0 Å². The summed E-state index contributed by atoms with van der Waals surface area (Å²) in [6, 6.07) is 8.34. The topological polar surface area (TPSA) is 58.4 Å². The summed E-state index contributed by atoms with van der Waals surface area (Å²) in [5.41, 5.74) is 6.50. The van der Waals surface area contributed by atoms with Crippen LogP contribution in [0.25, 0.3) is 0 Å². The molecule has 98 valence electrons. The second-order valence-corrected chi connectivity index (χ2v) is 5.50. The Labute approximate surface area is 116 Å². The number of anilines is 1. The van der Waals surface area contributed by atoms with Crippen molar-refractivity contribution in [1.29, 1.82) is 0 Å². The molecule has 1 atom stereocenters. The number of amides is 1. The van der Waals surface area contributed by atoms with E-state index < -0.39 is 0 Å². The predicted molar refractivity (Wildman–Crippen MR) is 76.5 cm³/mol. The molecule has 0 spiro atoms. The van der Waals surface area contributed by atoms with Gasteiger partial charge in [0.25, 0.3) is 0 Å². The SMILES string of the molecule is NCC(=O)NCC1CCN(c2ccc(Br)cc2)C1. The lowest BCUT2D eigenvalue weighted by Gasteiger charge is -2.19. The van der Waals surface area contributed by atoms with Gasteiger partial charge in [-0.1, -0.05) is 15.9 Å². The van der Waals surface area contributed by atoms with Gasteiger partial charge in [0.1, 0.15) is 0 Å². The molecule has 3 N–H and O–H groups in total. The lowest BCUT2D eigenvalue weighted by molar-refractivity contribution is -0.119. The third-order valence-electron chi connectivity index (χ3n) is 3.25. The van der Waals surface area contributed by atoms with Crippen LogP contribution in [-0.2, 0) is 4.79 Å². The number of nitrogens with two attached hydrogens (primary N) is 1. The first-order valence-corrected chi connectivity index (χ1v) is 6.95. The minimum absolute atomic E-state index is 0.0721. The van der Waals surface area contributed by atoms with Gasteiger partial charge in [0.15, 0.2) is 0 Å². The molecule has 1 fully saturated rings. The van der Waals surface area contributed by atoms with Gasteiger partial charge >= 0.3 is 0 Å². The fraction of sp³-hybridized carbons (Fsp3) is 0.462. The zero-order valence-electron chi connectivity index (χ0n) is 10.2. The molecule has 5 heteroatoms. The Hall–Kier alpha value is -1.07. The molecule has 1 heterocycles. The summed E-state index contributed by atoms with van der Waals surface area (Å²) in [6.07, 6.45) is 1.11. The van der Waals surface area contributed by atoms with E-state index >= 15 is 0 Å². The molecule has 1 aliphatic rings. The van der Waals surface area contributed by atoms with Gasteiger partial charge in [-0.15, -0.1) is 0 Å². The number of halogens is 1. The molecule has 0 aromatic heterocycles. The van der Waals surface area contributed by atoms with E-state index in [0.717, 1.165) is 30.5 Å². The lowest BCUT2D eigenvalue weighted by atomic mass is 10.1. The van der Waals surface area contributed by atoms with Crippen molar-refractivity contribution in [3.63, 3.8) is 0 Å². The van der Waals surface area contributed by atoms with Gasteiger partial charge in [-0.3, -0.25) is 4.79 Å². The van der Waals surface area contributed by atoms with Gasteiger partial charge in [-0.05, 0) is 36.6 Å². The van der Waals surface area contributed by atoms with Gasteiger partial charge in [0.05, 0.1) is 6.54 Å². The van der Waals surface area contributed by atoms with Crippen molar-refractivity contribution >= 4 is 27.5 Å². The molecule has 0 saturated carbocycles. The summed E-state index contributed by atoms with van der Waals surface area (Å²) in [7, 11) is 0. The van der Waals surface area contributed by atoms with Crippen molar-refractivity contribution < 1.29 is 4.79 Å². The Morgan fingerprint density at radius 3 is 2.83 bits per heavy atom. The highest BCUT2D eigenvalue weighted by Gasteiger charge is 2.22. The van der Waals surface area contributed by atoms with Crippen molar-refractivity contribution in [3.05, 3.63) is 28.7 Å². The predicted octanol–water partition coefficient (Wildman–Crippen LogP) is 1.35. The molecule has 1 aliphatic heterocycles. The third kappa shape index (κ3) is 3.46. The third-order valence-corrected chi connectivity index (χ3v) is 3.78. The van der Waals surface area contributed by atoms with Crippen molar-refractivity contribution in [2.24, 2.45) is 11.7 Å². The minimum atomic E-state index is -0.0721. The fourth-order valence-electron chi connectivity index (χ4n) is 2.22. The summed E-state index contributed by atoms with van der Waals surface area (Å²) in [4.78, 5) is 13.5. The van der Waals surface area contributed by atoms with E-state index in [1.807, 2.05) is 0 Å². The Morgan fingerprint density at radius 2 is 2.17 bits per heavy atom. The highest BCUT2D eigenvalue weighted by atomic mass is 79.9. The molecule has 0 bridgehead atoms.